The molecule has 1 aromatic heterocycles. The van der Waals surface area contributed by atoms with Gasteiger partial charge in [0.25, 0.3) is 0 Å². The van der Waals surface area contributed by atoms with E-state index < -0.39 is 0 Å². The molecule has 0 amide bonds. The molecule has 6 nitrogen and oxygen atoms in total. The van der Waals surface area contributed by atoms with Crippen LogP contribution in [0.4, 0.5) is 17.8 Å². The third-order valence-electron chi connectivity index (χ3n) is 3.30. The Bertz CT molecular complexity index is 336. The van der Waals surface area contributed by atoms with Gasteiger partial charge in [0.15, 0.2) is 0 Å². The fourth-order valence-electron chi connectivity index (χ4n) is 2.00. The van der Waals surface area contributed by atoms with Gasteiger partial charge in [-0.2, -0.15) is 15.0 Å². The maximum Gasteiger partial charge on any atom is 0.231 e. The van der Waals surface area contributed by atoms with E-state index in [0.29, 0.717) is 17.8 Å². The lowest BCUT2D eigenvalue weighted by Crippen LogP contribution is -2.22. The average Bonchev–Trinajstić information content (AvgIpc) is 2.49. The predicted molar refractivity (Wildman–Crippen MR) is 90.5 cm³/mol. The molecule has 1 heterocycles. The van der Waals surface area contributed by atoms with Gasteiger partial charge >= 0.3 is 0 Å². The first-order chi connectivity index (χ1) is 9.91. The smallest absolute Gasteiger partial charge is 0.231 e. The van der Waals surface area contributed by atoms with Gasteiger partial charge in [0.05, 0.1) is 0 Å². The van der Waals surface area contributed by atoms with E-state index in [0.717, 1.165) is 0 Å². The maximum absolute atomic E-state index is 4.32. The highest BCUT2D eigenvalue weighted by Crippen LogP contribution is 2.15. The highest BCUT2D eigenvalue weighted by atomic mass is 15.4. The van der Waals surface area contributed by atoms with Crippen molar-refractivity contribution in [3.8, 4) is 0 Å². The molecule has 1 fully saturated rings. The Morgan fingerprint density at radius 2 is 0.667 bits per heavy atom. The summed E-state index contributed by atoms with van der Waals surface area (Å²) in [5, 5.41) is 0. The van der Waals surface area contributed by atoms with Gasteiger partial charge in [-0.25, -0.2) is 0 Å². The molecule has 1 aliphatic carbocycles. The number of nitrogens with zero attached hydrogens (tertiary/aromatic N) is 6. The number of hydrogen-bond acceptors (Lipinski definition) is 6. The van der Waals surface area contributed by atoms with Crippen molar-refractivity contribution in [1.82, 2.24) is 15.0 Å². The lowest BCUT2D eigenvalue weighted by Gasteiger charge is -2.18. The molecular formula is C15H30N6. The number of hydrogen-bond donors (Lipinski definition) is 0. The average molecular weight is 294 g/mol. The molecule has 0 spiro atoms. The molecule has 1 aromatic rings. The molecule has 1 saturated carbocycles. The summed E-state index contributed by atoms with van der Waals surface area (Å²) in [4.78, 5) is 18.5. The summed E-state index contributed by atoms with van der Waals surface area (Å²) in [5.41, 5.74) is 0. The third kappa shape index (κ3) is 6.14. The first-order valence-corrected chi connectivity index (χ1v) is 7.70. The van der Waals surface area contributed by atoms with E-state index >= 15 is 0 Å². The molecule has 120 valence electrons. The Morgan fingerprint density at radius 1 is 0.476 bits per heavy atom. The van der Waals surface area contributed by atoms with Crippen LogP contribution in [0.1, 0.15) is 38.5 Å². The fourth-order valence-corrected chi connectivity index (χ4v) is 2.00. The van der Waals surface area contributed by atoms with E-state index in [1.54, 1.807) is 0 Å². The first-order valence-electron chi connectivity index (χ1n) is 7.70. The van der Waals surface area contributed by atoms with Crippen LogP contribution in [-0.2, 0) is 0 Å². The lowest BCUT2D eigenvalue weighted by atomic mass is 10.0. The van der Waals surface area contributed by atoms with Crippen LogP contribution >= 0.6 is 0 Å². The van der Waals surface area contributed by atoms with Crippen LogP contribution in [0, 0.1) is 0 Å². The first kappa shape index (κ1) is 17.5. The van der Waals surface area contributed by atoms with E-state index in [4.69, 9.17) is 0 Å². The Balaban J connectivity index is 0.000000304. The zero-order valence-corrected chi connectivity index (χ0v) is 14.4. The molecule has 0 bridgehead atoms. The maximum atomic E-state index is 4.32. The summed E-state index contributed by atoms with van der Waals surface area (Å²) in [7, 11) is 11.5. The second-order valence-corrected chi connectivity index (χ2v) is 6.04. The van der Waals surface area contributed by atoms with Crippen LogP contribution in [0.25, 0.3) is 0 Å². The zero-order valence-electron chi connectivity index (χ0n) is 14.4. The fraction of sp³-hybridized carbons (Fsp3) is 0.800. The molecule has 6 heteroatoms. The summed E-state index contributed by atoms with van der Waals surface area (Å²) >= 11 is 0. The molecule has 0 unspecified atom stereocenters. The number of anilines is 3. The number of aromatic nitrogens is 3. The van der Waals surface area contributed by atoms with Crippen molar-refractivity contribution < 1.29 is 0 Å². The topological polar surface area (TPSA) is 48.4 Å². The standard InChI is InChI=1S/C9H18N6.C6H12/c1-13(2)7-10-8(14(3)4)12-9(11-7)15(5)6;1-2-4-6-5-3-1/h1-6H3;1-6H2. The molecule has 0 saturated heterocycles. The van der Waals surface area contributed by atoms with E-state index in [9.17, 15) is 0 Å². The highest BCUT2D eigenvalue weighted by Gasteiger charge is 2.10. The zero-order chi connectivity index (χ0) is 15.8. The van der Waals surface area contributed by atoms with Crippen LogP contribution in [0.2, 0.25) is 0 Å². The third-order valence-corrected chi connectivity index (χ3v) is 3.30. The number of rotatable bonds is 3. The molecule has 2 rings (SSSR count). The highest BCUT2D eigenvalue weighted by molar-refractivity contribution is 5.44. The van der Waals surface area contributed by atoms with E-state index in [2.05, 4.69) is 15.0 Å². The monoisotopic (exact) mass is 294 g/mol. The van der Waals surface area contributed by atoms with Crippen molar-refractivity contribution >= 4 is 17.8 Å². The summed E-state index contributed by atoms with van der Waals surface area (Å²) in [6.45, 7) is 0. The van der Waals surface area contributed by atoms with Crippen molar-refractivity contribution in [1.29, 1.82) is 0 Å². The van der Waals surface area contributed by atoms with Crippen LogP contribution in [0.3, 0.4) is 0 Å². The summed E-state index contributed by atoms with van der Waals surface area (Å²) in [6, 6.07) is 0. The van der Waals surface area contributed by atoms with Crippen LogP contribution < -0.4 is 14.7 Å². The van der Waals surface area contributed by atoms with Crippen LogP contribution in [-0.4, -0.2) is 57.2 Å². The minimum atomic E-state index is 0.664. The Hall–Kier alpha value is -1.59. The van der Waals surface area contributed by atoms with E-state index in [1.807, 2.05) is 57.0 Å². The Kier molecular flexibility index (Phi) is 7.19. The second-order valence-electron chi connectivity index (χ2n) is 6.04. The summed E-state index contributed by atoms with van der Waals surface area (Å²) in [5.74, 6) is 1.99. The molecule has 0 atom stereocenters. The van der Waals surface area contributed by atoms with Crippen molar-refractivity contribution in [2.24, 2.45) is 0 Å². The molecule has 0 aromatic carbocycles. The lowest BCUT2D eigenvalue weighted by molar-refractivity contribution is 0.504. The predicted octanol–water partition coefficient (Wildman–Crippen LogP) is 2.41. The minimum absolute atomic E-state index is 0.664. The van der Waals surface area contributed by atoms with Gasteiger partial charge < -0.3 is 14.7 Å². The SMILES string of the molecule is C1CCCCC1.CN(C)c1nc(N(C)C)nc(N(C)C)n1. The Morgan fingerprint density at radius 3 is 0.810 bits per heavy atom. The van der Waals surface area contributed by atoms with Gasteiger partial charge in [0, 0.05) is 42.3 Å². The minimum Gasteiger partial charge on any atom is -0.347 e. The summed E-state index contributed by atoms with van der Waals surface area (Å²) in [6.07, 6.45) is 9.00. The van der Waals surface area contributed by atoms with Crippen molar-refractivity contribution in [2.75, 3.05) is 57.0 Å². The van der Waals surface area contributed by atoms with Crippen molar-refractivity contribution in [3.63, 3.8) is 0 Å². The van der Waals surface area contributed by atoms with Gasteiger partial charge in [-0.1, -0.05) is 38.5 Å². The van der Waals surface area contributed by atoms with Gasteiger partial charge in [-0.15, -0.1) is 0 Å². The Labute approximate surface area is 129 Å². The second kappa shape index (κ2) is 8.64. The van der Waals surface area contributed by atoms with Crippen LogP contribution in [0.15, 0.2) is 0 Å². The molecule has 0 aliphatic heterocycles. The molecular weight excluding hydrogens is 264 g/mol. The quantitative estimate of drug-likeness (QED) is 0.853. The van der Waals surface area contributed by atoms with Crippen molar-refractivity contribution in [3.05, 3.63) is 0 Å². The normalized spacial score (nSPS) is 14.0. The molecule has 21 heavy (non-hydrogen) atoms. The van der Waals surface area contributed by atoms with E-state index in [1.165, 1.54) is 38.5 Å². The van der Waals surface area contributed by atoms with Crippen molar-refractivity contribution in [2.45, 2.75) is 38.5 Å². The van der Waals surface area contributed by atoms with Crippen LogP contribution in [0.5, 0.6) is 0 Å². The summed E-state index contributed by atoms with van der Waals surface area (Å²) < 4.78 is 0. The largest absolute Gasteiger partial charge is 0.347 e. The van der Waals surface area contributed by atoms with Gasteiger partial charge in [0.1, 0.15) is 0 Å². The van der Waals surface area contributed by atoms with E-state index in [-0.39, 0.29) is 0 Å². The van der Waals surface area contributed by atoms with Gasteiger partial charge in [-0.3, -0.25) is 0 Å². The molecule has 0 N–H and O–H groups in total. The molecule has 0 radical (unpaired) electrons. The van der Waals surface area contributed by atoms with Gasteiger partial charge in [-0.05, 0) is 0 Å². The molecule has 1 aliphatic rings. The van der Waals surface area contributed by atoms with Gasteiger partial charge in [0.2, 0.25) is 17.8 Å².